The highest BCUT2D eigenvalue weighted by Crippen LogP contribution is 2.72. The lowest BCUT2D eigenvalue weighted by atomic mass is 10.2. The molecule has 5 aromatic rings. The van der Waals surface area contributed by atoms with E-state index in [-0.39, 0.29) is 0 Å². The van der Waals surface area contributed by atoms with Gasteiger partial charge in [-0.05, 0) is 47.1 Å². The highest BCUT2D eigenvalue weighted by atomic mass is 32.0. The molecule has 0 saturated carbocycles. The van der Waals surface area contributed by atoms with Gasteiger partial charge in [0.25, 0.3) is 0 Å². The molecule has 0 spiro atoms. The van der Waals surface area contributed by atoms with Crippen LogP contribution in [0.1, 0.15) is 5.30 Å². The predicted octanol–water partition coefficient (Wildman–Crippen LogP) is 9.28. The smallest absolute Gasteiger partial charge is 0.00963 e. The first kappa shape index (κ1) is 18.3. The van der Waals surface area contributed by atoms with Gasteiger partial charge in [-0.15, -0.1) is 0 Å². The van der Waals surface area contributed by atoms with Crippen LogP contribution in [0.3, 0.4) is 0 Å². The van der Waals surface area contributed by atoms with Crippen LogP contribution in [0.2, 0.25) is 0 Å². The highest BCUT2D eigenvalue weighted by Gasteiger charge is 2.20. The maximum absolute atomic E-state index is 2.37. The predicted molar refractivity (Wildman–Crippen MR) is 130 cm³/mol. The first-order valence-electron chi connectivity index (χ1n) is 9.90. The molecule has 2 heteroatoms. The van der Waals surface area contributed by atoms with Gasteiger partial charge in [0, 0.05) is 15.9 Å². The van der Waals surface area contributed by atoms with Crippen LogP contribution >= 0.6 is 14.4 Å². The van der Waals surface area contributed by atoms with Crippen LogP contribution in [0.4, 0.5) is 0 Å². The summed E-state index contributed by atoms with van der Waals surface area (Å²) in [4.78, 5) is 0. The Morgan fingerprint density at radius 3 is 1.14 bits per heavy atom. The monoisotopic (exact) mass is 408 g/mol. The van der Waals surface area contributed by atoms with E-state index in [2.05, 4.69) is 122 Å². The van der Waals surface area contributed by atoms with E-state index in [9.17, 15) is 0 Å². The van der Waals surface area contributed by atoms with Gasteiger partial charge in [-0.25, -0.2) is 0 Å². The Kier molecular flexibility index (Phi) is 4.99. The molecule has 0 aliphatic heterocycles. The maximum atomic E-state index is 2.37. The van der Waals surface area contributed by atoms with E-state index in [1.54, 1.807) is 0 Å². The molecule has 2 aromatic heterocycles. The van der Waals surface area contributed by atoms with Crippen molar-refractivity contribution in [1.29, 1.82) is 0 Å². The Morgan fingerprint density at radius 1 is 0.379 bits per heavy atom. The van der Waals surface area contributed by atoms with Crippen molar-refractivity contribution in [3.05, 3.63) is 121 Å². The molecule has 1 atom stereocenters. The fourth-order valence-electron chi connectivity index (χ4n) is 3.92. The minimum absolute atomic E-state index is 0.423. The van der Waals surface area contributed by atoms with Crippen LogP contribution in [0.15, 0.2) is 115 Å². The van der Waals surface area contributed by atoms with Crippen LogP contribution in [0.25, 0.3) is 32.6 Å². The molecule has 0 aliphatic carbocycles. The van der Waals surface area contributed by atoms with Gasteiger partial charge in [0.05, 0.1) is 0 Å². The Bertz CT molecular complexity index is 1170. The van der Waals surface area contributed by atoms with Crippen LogP contribution in [-0.4, -0.2) is 0 Å². The summed E-state index contributed by atoms with van der Waals surface area (Å²) < 4.78 is 0. The fourth-order valence-corrected chi connectivity index (χ4v) is 12.3. The highest BCUT2D eigenvalue weighted by molar-refractivity contribution is 8.25. The minimum atomic E-state index is -0.477. The zero-order valence-electron chi connectivity index (χ0n) is 16.4. The molecule has 0 amide bonds. The van der Waals surface area contributed by atoms with E-state index in [4.69, 9.17) is 0 Å². The van der Waals surface area contributed by atoms with Gasteiger partial charge in [0.15, 0.2) is 0 Å². The van der Waals surface area contributed by atoms with Gasteiger partial charge in [0.2, 0.25) is 0 Å². The van der Waals surface area contributed by atoms with Gasteiger partial charge < -0.3 is 0 Å². The molecular weight excluding hydrogens is 386 g/mol. The summed E-state index contributed by atoms with van der Waals surface area (Å²) in [5.41, 5.74) is 4.08. The molecule has 1 unspecified atom stereocenters. The molecule has 5 rings (SSSR count). The Labute approximate surface area is 174 Å². The quantitative estimate of drug-likeness (QED) is 0.278. The summed E-state index contributed by atoms with van der Waals surface area (Å²) in [5, 5.41) is 6.04. The second-order valence-electron chi connectivity index (χ2n) is 7.19. The van der Waals surface area contributed by atoms with Crippen molar-refractivity contribution in [2.45, 2.75) is 6.92 Å². The maximum Gasteiger partial charge on any atom is 0.00963 e. The van der Waals surface area contributed by atoms with Crippen molar-refractivity contribution >= 4 is 14.4 Å². The topological polar surface area (TPSA) is 0 Å². The molecule has 0 fully saturated rings. The van der Waals surface area contributed by atoms with Gasteiger partial charge in [-0.3, -0.25) is 0 Å². The van der Waals surface area contributed by atoms with E-state index in [1.165, 1.54) is 37.9 Å². The molecule has 29 heavy (non-hydrogen) atoms. The molecule has 2 heterocycles. The number of hydrogen-bond acceptors (Lipinski definition) is 0. The normalized spacial score (nSPS) is 11.6. The third-order valence-electron chi connectivity index (χ3n) is 5.31. The van der Waals surface area contributed by atoms with Crippen molar-refractivity contribution in [2.75, 3.05) is 0 Å². The molecular formula is C27H22P2. The molecule has 0 nitrogen and oxygen atoms in total. The molecule has 0 saturated heterocycles. The van der Waals surface area contributed by atoms with Crippen LogP contribution in [0.5, 0.6) is 0 Å². The standard InChI is InChI=1S/C27H22P2/c1-21-17-18-25(22-11-5-2-6-12-22)28(21)29-26(23-13-7-3-8-14-23)19-20-27(29)24-15-9-4-10-16-24/h2-20H,1H3. The van der Waals surface area contributed by atoms with Crippen molar-refractivity contribution in [3.8, 4) is 32.6 Å². The molecule has 0 N–H and O–H groups in total. The summed E-state index contributed by atoms with van der Waals surface area (Å²) >= 11 is 0. The summed E-state index contributed by atoms with van der Waals surface area (Å²) in [7, 11) is -0.900. The SMILES string of the molecule is Cc1ccc(-c2ccccc2)p1-p1c(-c2ccccc2)ccc1-c1ccccc1. The lowest BCUT2D eigenvalue weighted by molar-refractivity contribution is 1.64. The number of benzene rings is 3. The van der Waals surface area contributed by atoms with E-state index < -0.39 is 14.4 Å². The fraction of sp³-hybridized carbons (Fsp3) is 0.0370. The van der Waals surface area contributed by atoms with E-state index in [0.29, 0.717) is 0 Å². The van der Waals surface area contributed by atoms with E-state index in [0.717, 1.165) is 0 Å². The van der Waals surface area contributed by atoms with Crippen LogP contribution in [0, 0.1) is 6.92 Å². The molecule has 140 valence electrons. The third kappa shape index (κ3) is 3.40. The Balaban J connectivity index is 1.81. The van der Waals surface area contributed by atoms with Crippen LogP contribution in [-0.2, 0) is 0 Å². The second kappa shape index (κ2) is 7.92. The Hall–Kier alpha value is -2.78. The summed E-state index contributed by atoms with van der Waals surface area (Å²) in [5.74, 6) is 0. The second-order valence-corrected chi connectivity index (χ2v) is 13.0. The van der Waals surface area contributed by atoms with Crippen molar-refractivity contribution < 1.29 is 0 Å². The first-order valence-corrected chi connectivity index (χ1v) is 13.3. The molecule has 0 radical (unpaired) electrons. The van der Waals surface area contributed by atoms with Gasteiger partial charge >= 0.3 is 0 Å². The molecule has 0 bridgehead atoms. The third-order valence-corrected chi connectivity index (χ3v) is 13.2. The number of hydrogen-bond donors (Lipinski definition) is 0. The van der Waals surface area contributed by atoms with E-state index >= 15 is 0 Å². The van der Waals surface area contributed by atoms with Crippen molar-refractivity contribution in [2.24, 2.45) is 0 Å². The first-order chi connectivity index (χ1) is 14.3. The summed E-state index contributed by atoms with van der Waals surface area (Å²) in [6.45, 7) is 2.32. The molecule has 0 aliphatic rings. The average Bonchev–Trinajstić information content (AvgIpc) is 3.39. The number of aryl methyl sites for hydroxylation is 1. The minimum Gasteiger partial charge on any atom is -0.0642 e. The van der Waals surface area contributed by atoms with Gasteiger partial charge in [-0.2, -0.15) is 0 Å². The largest absolute Gasteiger partial charge is 0.0642 e. The van der Waals surface area contributed by atoms with Gasteiger partial charge in [0.1, 0.15) is 0 Å². The van der Waals surface area contributed by atoms with Crippen molar-refractivity contribution in [1.82, 2.24) is 0 Å². The van der Waals surface area contributed by atoms with E-state index in [1.807, 2.05) is 0 Å². The van der Waals surface area contributed by atoms with Crippen LogP contribution < -0.4 is 0 Å². The Morgan fingerprint density at radius 2 is 0.724 bits per heavy atom. The average molecular weight is 408 g/mol. The van der Waals surface area contributed by atoms with Crippen molar-refractivity contribution in [3.63, 3.8) is 0 Å². The molecule has 3 aromatic carbocycles. The van der Waals surface area contributed by atoms with Gasteiger partial charge in [-0.1, -0.05) is 112 Å². The lowest BCUT2D eigenvalue weighted by Gasteiger charge is -2.15. The summed E-state index contributed by atoms with van der Waals surface area (Å²) in [6, 6.07) is 42.3. The summed E-state index contributed by atoms with van der Waals surface area (Å²) in [6.07, 6.45) is 0. The zero-order valence-corrected chi connectivity index (χ0v) is 18.2. The lowest BCUT2D eigenvalue weighted by Crippen LogP contribution is -1.74. The zero-order chi connectivity index (χ0) is 19.6. The number of rotatable bonds is 4.